The summed E-state index contributed by atoms with van der Waals surface area (Å²) in [5, 5.41) is 10.1. The fourth-order valence-corrected chi connectivity index (χ4v) is 1.04. The van der Waals surface area contributed by atoms with Crippen molar-refractivity contribution >= 4 is 0 Å². The second-order valence-corrected chi connectivity index (χ2v) is 3.08. The molecule has 2 nitrogen and oxygen atoms in total. The number of rotatable bonds is 9. The zero-order chi connectivity index (χ0) is 9.07. The van der Waals surface area contributed by atoms with Crippen LogP contribution in [0, 0.1) is 0 Å². The number of unbranched alkanes of at least 4 members (excludes halogenated alkanes) is 4. The molecule has 0 amide bonds. The van der Waals surface area contributed by atoms with Crippen LogP contribution in [0.15, 0.2) is 0 Å². The Morgan fingerprint density at radius 1 is 0.917 bits per heavy atom. The maximum Gasteiger partial charge on any atom is 0.0822 e. The first-order valence-corrected chi connectivity index (χ1v) is 5.07. The predicted octanol–water partition coefficient (Wildman–Crippen LogP) is 2.79. The van der Waals surface area contributed by atoms with Crippen molar-refractivity contribution in [3.63, 3.8) is 0 Å². The van der Waals surface area contributed by atoms with Crippen LogP contribution >= 0.6 is 0 Å². The second-order valence-electron chi connectivity index (χ2n) is 3.08. The minimum Gasteiger partial charge on any atom is -0.381 e. The smallest absolute Gasteiger partial charge is 0.0822 e. The molecule has 0 rings (SSSR count). The Morgan fingerprint density at radius 2 is 1.58 bits per heavy atom. The molecule has 0 unspecified atom stereocenters. The van der Waals surface area contributed by atoms with Crippen LogP contribution in [0.2, 0.25) is 0 Å². The van der Waals surface area contributed by atoms with Gasteiger partial charge in [0.1, 0.15) is 0 Å². The maximum absolute atomic E-state index is 10.1. The molecule has 0 aliphatic rings. The van der Waals surface area contributed by atoms with Crippen LogP contribution in [0.4, 0.5) is 0 Å². The van der Waals surface area contributed by atoms with E-state index in [2.05, 4.69) is 6.92 Å². The number of hydrogen-bond acceptors (Lipinski definition) is 1. The molecular formula is C10H21O2. The van der Waals surface area contributed by atoms with E-state index in [0.29, 0.717) is 0 Å². The molecule has 12 heavy (non-hydrogen) atoms. The molecule has 0 atom stereocenters. The lowest BCUT2D eigenvalue weighted by molar-refractivity contribution is 0.122. The van der Waals surface area contributed by atoms with E-state index >= 15 is 0 Å². The van der Waals surface area contributed by atoms with E-state index in [1.807, 2.05) is 0 Å². The molecule has 0 heterocycles. The van der Waals surface area contributed by atoms with Crippen LogP contribution in [-0.4, -0.2) is 19.8 Å². The molecule has 1 radical (unpaired) electrons. The van der Waals surface area contributed by atoms with Gasteiger partial charge in [-0.2, -0.15) is 0 Å². The molecule has 0 saturated carbocycles. The Balaban J connectivity index is 2.73. The highest BCUT2D eigenvalue weighted by Crippen LogP contribution is 1.97. The molecule has 0 aromatic rings. The molecule has 0 saturated heterocycles. The number of ether oxygens (including phenoxy) is 1. The molecule has 0 spiro atoms. The Morgan fingerprint density at radius 3 is 2.17 bits per heavy atom. The van der Waals surface area contributed by atoms with Crippen molar-refractivity contribution in [2.45, 2.75) is 45.4 Å². The van der Waals surface area contributed by atoms with Gasteiger partial charge in [0.2, 0.25) is 0 Å². The summed E-state index contributed by atoms with van der Waals surface area (Å²) in [6, 6.07) is 0. The lowest BCUT2D eigenvalue weighted by atomic mass is 10.2. The van der Waals surface area contributed by atoms with Crippen molar-refractivity contribution in [2.24, 2.45) is 0 Å². The van der Waals surface area contributed by atoms with Gasteiger partial charge in [0.25, 0.3) is 0 Å². The molecular weight excluding hydrogens is 152 g/mol. The van der Waals surface area contributed by atoms with E-state index < -0.39 is 0 Å². The molecule has 73 valence electrons. The Hall–Kier alpha value is -0.0800. The SMILES string of the molecule is CCCCCOCCCCC[O]. The lowest BCUT2D eigenvalue weighted by Gasteiger charge is -2.02. The van der Waals surface area contributed by atoms with Crippen molar-refractivity contribution in [1.29, 1.82) is 0 Å². The monoisotopic (exact) mass is 173 g/mol. The molecule has 0 N–H and O–H groups in total. The van der Waals surface area contributed by atoms with Gasteiger partial charge in [-0.15, -0.1) is 0 Å². The molecule has 0 fully saturated rings. The molecule has 0 aliphatic heterocycles. The third-order valence-corrected chi connectivity index (χ3v) is 1.83. The predicted molar refractivity (Wildman–Crippen MR) is 49.7 cm³/mol. The normalized spacial score (nSPS) is 10.5. The van der Waals surface area contributed by atoms with Gasteiger partial charge in [0.05, 0.1) is 6.61 Å². The Labute approximate surface area is 75.9 Å². The minimum absolute atomic E-state index is 0.0653. The average Bonchev–Trinajstić information content (AvgIpc) is 2.10. The first kappa shape index (κ1) is 11.9. The van der Waals surface area contributed by atoms with Crippen molar-refractivity contribution in [3.8, 4) is 0 Å². The molecule has 0 bridgehead atoms. The standard InChI is InChI=1S/C10H21O2/c1-2-3-6-9-12-10-7-4-5-8-11/h2-10H2,1H3. The van der Waals surface area contributed by atoms with E-state index in [9.17, 15) is 5.11 Å². The molecule has 0 aliphatic carbocycles. The van der Waals surface area contributed by atoms with E-state index in [1.54, 1.807) is 0 Å². The van der Waals surface area contributed by atoms with Gasteiger partial charge in [0, 0.05) is 13.2 Å². The molecule has 0 aromatic carbocycles. The Bertz CT molecular complexity index is 64.2. The van der Waals surface area contributed by atoms with Crippen LogP contribution in [0.25, 0.3) is 0 Å². The van der Waals surface area contributed by atoms with E-state index in [-0.39, 0.29) is 6.61 Å². The summed E-state index contributed by atoms with van der Waals surface area (Å²) < 4.78 is 5.38. The van der Waals surface area contributed by atoms with E-state index in [0.717, 1.165) is 32.5 Å². The van der Waals surface area contributed by atoms with Gasteiger partial charge in [-0.1, -0.05) is 19.8 Å². The first-order chi connectivity index (χ1) is 5.91. The summed E-state index contributed by atoms with van der Waals surface area (Å²) in [4.78, 5) is 0. The first-order valence-electron chi connectivity index (χ1n) is 5.07. The van der Waals surface area contributed by atoms with Gasteiger partial charge in [-0.3, -0.25) is 0 Å². The topological polar surface area (TPSA) is 29.1 Å². The van der Waals surface area contributed by atoms with Crippen LogP contribution in [-0.2, 0) is 9.84 Å². The van der Waals surface area contributed by atoms with Gasteiger partial charge >= 0.3 is 0 Å². The quantitative estimate of drug-likeness (QED) is 0.493. The highest BCUT2D eigenvalue weighted by Gasteiger charge is 1.90. The lowest BCUT2D eigenvalue weighted by Crippen LogP contribution is -1.97. The van der Waals surface area contributed by atoms with Crippen molar-refractivity contribution in [1.82, 2.24) is 0 Å². The highest BCUT2D eigenvalue weighted by atomic mass is 16.5. The third kappa shape index (κ3) is 9.92. The Kier molecular flexibility index (Phi) is 10.8. The van der Waals surface area contributed by atoms with Crippen LogP contribution in [0.5, 0.6) is 0 Å². The van der Waals surface area contributed by atoms with Gasteiger partial charge in [-0.25, -0.2) is 5.11 Å². The van der Waals surface area contributed by atoms with Gasteiger partial charge in [-0.05, 0) is 25.7 Å². The minimum atomic E-state index is 0.0653. The summed E-state index contributed by atoms with van der Waals surface area (Å²) in [6.45, 7) is 3.99. The summed E-state index contributed by atoms with van der Waals surface area (Å²) in [5.74, 6) is 0. The summed E-state index contributed by atoms with van der Waals surface area (Å²) in [7, 11) is 0. The van der Waals surface area contributed by atoms with Gasteiger partial charge < -0.3 is 4.74 Å². The van der Waals surface area contributed by atoms with Crippen LogP contribution in [0.3, 0.4) is 0 Å². The fourth-order valence-electron chi connectivity index (χ4n) is 1.04. The van der Waals surface area contributed by atoms with E-state index in [1.165, 1.54) is 19.3 Å². The zero-order valence-electron chi connectivity index (χ0n) is 8.18. The zero-order valence-corrected chi connectivity index (χ0v) is 8.18. The largest absolute Gasteiger partial charge is 0.381 e. The average molecular weight is 173 g/mol. The molecule has 2 heteroatoms. The second kappa shape index (κ2) is 10.9. The third-order valence-electron chi connectivity index (χ3n) is 1.83. The van der Waals surface area contributed by atoms with Gasteiger partial charge in [0.15, 0.2) is 0 Å². The summed E-state index contributed by atoms with van der Waals surface area (Å²) >= 11 is 0. The van der Waals surface area contributed by atoms with Crippen molar-refractivity contribution in [3.05, 3.63) is 0 Å². The van der Waals surface area contributed by atoms with Crippen LogP contribution < -0.4 is 0 Å². The van der Waals surface area contributed by atoms with Crippen LogP contribution in [0.1, 0.15) is 45.4 Å². The molecule has 0 aromatic heterocycles. The summed E-state index contributed by atoms with van der Waals surface area (Å²) in [6.07, 6.45) is 6.57. The number of hydrogen-bond donors (Lipinski definition) is 0. The summed E-state index contributed by atoms with van der Waals surface area (Å²) in [5.41, 5.74) is 0. The van der Waals surface area contributed by atoms with Crippen molar-refractivity contribution < 1.29 is 9.84 Å². The van der Waals surface area contributed by atoms with Crippen molar-refractivity contribution in [2.75, 3.05) is 19.8 Å². The fraction of sp³-hybridized carbons (Fsp3) is 1.00. The highest BCUT2D eigenvalue weighted by molar-refractivity contribution is 4.40. The maximum atomic E-state index is 10.1. The van der Waals surface area contributed by atoms with E-state index in [4.69, 9.17) is 4.74 Å².